The van der Waals surface area contributed by atoms with Gasteiger partial charge in [-0.1, -0.05) is 55.8 Å². The number of hydrogen-bond donors (Lipinski definition) is 1. The maximum absolute atomic E-state index is 6.23. The number of nitrogens with one attached hydrogen (secondary N) is 1. The maximum Gasteiger partial charge on any atom is 0.0591 e. The number of rotatable bonds is 8. The number of hydrogen-bond acceptors (Lipinski definition) is 2. The summed E-state index contributed by atoms with van der Waals surface area (Å²) in [5.41, 5.74) is 1.30. The molecule has 2 nitrogen and oxygen atoms in total. The molecular weight excluding hydrogens is 282 g/mol. The Morgan fingerprint density at radius 3 is 2.57 bits per heavy atom. The van der Waals surface area contributed by atoms with Crippen molar-refractivity contribution in [3.63, 3.8) is 0 Å². The molecule has 0 amide bonds. The zero-order valence-electron chi connectivity index (χ0n) is 12.9. The van der Waals surface area contributed by atoms with Crippen molar-refractivity contribution in [3.8, 4) is 0 Å². The van der Waals surface area contributed by atoms with E-state index >= 15 is 0 Å². The molecule has 0 atom stereocenters. The Balaban J connectivity index is 1.80. The summed E-state index contributed by atoms with van der Waals surface area (Å²) >= 11 is 6.23. The third-order valence-corrected chi connectivity index (χ3v) is 3.78. The molecule has 1 N–H and O–H groups in total. The lowest BCUT2D eigenvalue weighted by atomic mass is 10.0. The summed E-state index contributed by atoms with van der Waals surface area (Å²) in [6.45, 7) is 7.89. The highest BCUT2D eigenvalue weighted by atomic mass is 35.5. The lowest BCUT2D eigenvalue weighted by Crippen LogP contribution is -2.24. The summed E-state index contributed by atoms with van der Waals surface area (Å²) in [4.78, 5) is 0. The van der Waals surface area contributed by atoms with Gasteiger partial charge < -0.3 is 10.1 Å². The van der Waals surface area contributed by atoms with E-state index in [-0.39, 0.29) is 0 Å². The number of halogens is 1. The van der Waals surface area contributed by atoms with Crippen LogP contribution in [0.2, 0.25) is 5.02 Å². The predicted octanol–water partition coefficient (Wildman–Crippen LogP) is 4.30. The van der Waals surface area contributed by atoms with Gasteiger partial charge in [0.25, 0.3) is 0 Å². The summed E-state index contributed by atoms with van der Waals surface area (Å²) in [6.07, 6.45) is 0.919. The maximum atomic E-state index is 6.23. The van der Waals surface area contributed by atoms with Crippen LogP contribution in [0.25, 0.3) is 10.8 Å². The molecule has 0 aliphatic rings. The first-order valence-electron chi connectivity index (χ1n) is 7.63. The minimum atomic E-state index is 0.686. The Kier molecular flexibility index (Phi) is 6.50. The Hall–Kier alpha value is -1.09. The van der Waals surface area contributed by atoms with Gasteiger partial charge in [0.2, 0.25) is 0 Å². The van der Waals surface area contributed by atoms with Gasteiger partial charge in [0.15, 0.2) is 0 Å². The normalized spacial score (nSPS) is 11.4. The highest BCUT2D eigenvalue weighted by molar-refractivity contribution is 6.35. The molecular formula is C18H24ClNO. The second kappa shape index (κ2) is 8.38. The summed E-state index contributed by atoms with van der Waals surface area (Å²) in [7, 11) is 0. The van der Waals surface area contributed by atoms with Crippen molar-refractivity contribution in [1.82, 2.24) is 5.32 Å². The molecule has 0 fully saturated rings. The summed E-state index contributed by atoms with van der Waals surface area (Å²) in [5.74, 6) is 0.686. The first-order valence-corrected chi connectivity index (χ1v) is 8.01. The second-order valence-corrected chi connectivity index (χ2v) is 6.12. The van der Waals surface area contributed by atoms with Gasteiger partial charge in [-0.25, -0.2) is 0 Å². The van der Waals surface area contributed by atoms with E-state index in [1.807, 2.05) is 12.1 Å². The van der Waals surface area contributed by atoms with Crippen LogP contribution in [0, 0.1) is 5.92 Å². The topological polar surface area (TPSA) is 21.3 Å². The van der Waals surface area contributed by atoms with Crippen LogP contribution in [0.4, 0.5) is 0 Å². The fourth-order valence-electron chi connectivity index (χ4n) is 2.36. The molecule has 0 spiro atoms. The van der Waals surface area contributed by atoms with Gasteiger partial charge in [-0.15, -0.1) is 0 Å². The van der Waals surface area contributed by atoms with Crippen LogP contribution in [-0.2, 0) is 11.2 Å². The van der Waals surface area contributed by atoms with Crippen molar-refractivity contribution in [2.75, 3.05) is 26.3 Å². The standard InChI is InChI=1S/C18H24ClNO/c1-14(2)13-20-10-12-21-11-9-15-7-8-18(19)17-6-4-3-5-16(15)17/h3-8,14,20H,9-13H2,1-2H3. The molecule has 0 bridgehead atoms. The Morgan fingerprint density at radius 1 is 1.05 bits per heavy atom. The molecule has 2 aromatic rings. The van der Waals surface area contributed by atoms with E-state index in [1.54, 1.807) is 0 Å². The van der Waals surface area contributed by atoms with Gasteiger partial charge in [0.05, 0.1) is 13.2 Å². The fraction of sp³-hybridized carbons (Fsp3) is 0.444. The zero-order valence-corrected chi connectivity index (χ0v) is 13.6. The van der Waals surface area contributed by atoms with E-state index < -0.39 is 0 Å². The van der Waals surface area contributed by atoms with Gasteiger partial charge >= 0.3 is 0 Å². The summed E-state index contributed by atoms with van der Waals surface area (Å²) in [6, 6.07) is 12.3. The van der Waals surface area contributed by atoms with E-state index in [1.165, 1.54) is 10.9 Å². The molecule has 0 unspecified atom stereocenters. The largest absolute Gasteiger partial charge is 0.380 e. The highest BCUT2D eigenvalue weighted by Crippen LogP contribution is 2.26. The van der Waals surface area contributed by atoms with Gasteiger partial charge in [0.1, 0.15) is 0 Å². The fourth-order valence-corrected chi connectivity index (χ4v) is 2.59. The molecule has 21 heavy (non-hydrogen) atoms. The molecule has 0 aromatic heterocycles. The quantitative estimate of drug-likeness (QED) is 0.734. The molecule has 3 heteroatoms. The van der Waals surface area contributed by atoms with Crippen LogP contribution < -0.4 is 5.32 Å². The van der Waals surface area contributed by atoms with Gasteiger partial charge in [0, 0.05) is 17.0 Å². The van der Waals surface area contributed by atoms with E-state index in [4.69, 9.17) is 16.3 Å². The monoisotopic (exact) mass is 305 g/mol. The molecule has 0 aliphatic carbocycles. The highest BCUT2D eigenvalue weighted by Gasteiger charge is 2.04. The molecule has 0 saturated carbocycles. The van der Waals surface area contributed by atoms with Crippen LogP contribution in [0.5, 0.6) is 0 Å². The Morgan fingerprint density at radius 2 is 1.81 bits per heavy atom. The molecule has 0 radical (unpaired) electrons. The predicted molar refractivity (Wildman–Crippen MR) is 91.2 cm³/mol. The average molecular weight is 306 g/mol. The van der Waals surface area contributed by atoms with Crippen molar-refractivity contribution in [3.05, 3.63) is 47.0 Å². The molecule has 2 rings (SSSR count). The summed E-state index contributed by atoms with van der Waals surface area (Å²) in [5, 5.41) is 6.54. The first-order chi connectivity index (χ1) is 10.2. The van der Waals surface area contributed by atoms with E-state index in [0.717, 1.165) is 43.1 Å². The van der Waals surface area contributed by atoms with Crippen molar-refractivity contribution in [1.29, 1.82) is 0 Å². The molecule has 0 aliphatic heterocycles. The van der Waals surface area contributed by atoms with Gasteiger partial charge in [-0.3, -0.25) is 0 Å². The minimum Gasteiger partial charge on any atom is -0.380 e. The average Bonchev–Trinajstić information content (AvgIpc) is 2.48. The van der Waals surface area contributed by atoms with Crippen molar-refractivity contribution in [2.45, 2.75) is 20.3 Å². The summed E-state index contributed by atoms with van der Waals surface area (Å²) < 4.78 is 5.70. The Labute approximate surface area is 132 Å². The minimum absolute atomic E-state index is 0.686. The number of benzene rings is 2. The molecule has 2 aromatic carbocycles. The lowest BCUT2D eigenvalue weighted by molar-refractivity contribution is 0.138. The molecule has 0 saturated heterocycles. The molecule has 114 valence electrons. The van der Waals surface area contributed by atoms with Crippen LogP contribution in [-0.4, -0.2) is 26.3 Å². The van der Waals surface area contributed by atoms with Crippen LogP contribution in [0.3, 0.4) is 0 Å². The SMILES string of the molecule is CC(C)CNCCOCCc1ccc(Cl)c2ccccc12. The van der Waals surface area contributed by atoms with Crippen LogP contribution in [0.15, 0.2) is 36.4 Å². The van der Waals surface area contributed by atoms with E-state index in [0.29, 0.717) is 5.92 Å². The van der Waals surface area contributed by atoms with Crippen molar-refractivity contribution < 1.29 is 4.74 Å². The Bertz CT molecular complexity index is 568. The smallest absolute Gasteiger partial charge is 0.0591 e. The molecule has 0 heterocycles. The number of ether oxygens (including phenoxy) is 1. The second-order valence-electron chi connectivity index (χ2n) is 5.71. The third-order valence-electron chi connectivity index (χ3n) is 3.45. The van der Waals surface area contributed by atoms with Gasteiger partial charge in [-0.05, 0) is 35.9 Å². The number of fused-ring (bicyclic) bond motifs is 1. The van der Waals surface area contributed by atoms with Crippen LogP contribution >= 0.6 is 11.6 Å². The lowest BCUT2D eigenvalue weighted by Gasteiger charge is -2.10. The first kappa shape index (κ1) is 16.3. The zero-order chi connectivity index (χ0) is 15.1. The van der Waals surface area contributed by atoms with E-state index in [2.05, 4.69) is 43.4 Å². The van der Waals surface area contributed by atoms with Crippen LogP contribution in [0.1, 0.15) is 19.4 Å². The van der Waals surface area contributed by atoms with Crippen molar-refractivity contribution >= 4 is 22.4 Å². The van der Waals surface area contributed by atoms with E-state index in [9.17, 15) is 0 Å². The third kappa shape index (κ3) is 4.99. The van der Waals surface area contributed by atoms with Crippen molar-refractivity contribution in [2.24, 2.45) is 5.92 Å². The van der Waals surface area contributed by atoms with Gasteiger partial charge in [-0.2, -0.15) is 0 Å².